The van der Waals surface area contributed by atoms with Crippen LogP contribution in [0.2, 0.25) is 0 Å². The number of aromatic hydroxyl groups is 1. The zero-order valence-corrected chi connectivity index (χ0v) is 24.2. The minimum Gasteiger partial charge on any atom is -0.510 e. The predicted molar refractivity (Wildman–Crippen MR) is 158 cm³/mol. The highest BCUT2D eigenvalue weighted by atomic mass is 16.3. The zero-order valence-electron chi connectivity index (χ0n) is 24.2. The smallest absolute Gasteiger partial charge is 0.255 e. The summed E-state index contributed by atoms with van der Waals surface area (Å²) in [7, 11) is 3.22. The van der Waals surface area contributed by atoms with E-state index in [0.29, 0.717) is 12.1 Å². The molecule has 11 heteroatoms. The fraction of sp³-hybridized carbons (Fsp3) is 0.406. The van der Waals surface area contributed by atoms with Gasteiger partial charge in [-0.1, -0.05) is 24.3 Å². The van der Waals surface area contributed by atoms with Crippen molar-refractivity contribution in [1.29, 1.82) is 0 Å². The molecule has 0 bridgehead atoms. The Morgan fingerprint density at radius 1 is 1.02 bits per heavy atom. The van der Waals surface area contributed by atoms with Crippen LogP contribution in [0, 0.1) is 11.8 Å². The number of anilines is 1. The number of Topliss-reactive ketones (excluding diaryl/α,β-unsaturated/α-hetero) is 2. The van der Waals surface area contributed by atoms with Crippen molar-refractivity contribution in [2.45, 2.75) is 31.0 Å². The molecule has 43 heavy (non-hydrogen) atoms. The van der Waals surface area contributed by atoms with Gasteiger partial charge < -0.3 is 31.1 Å². The summed E-state index contributed by atoms with van der Waals surface area (Å²) in [6, 6.07) is 12.5. The summed E-state index contributed by atoms with van der Waals surface area (Å²) < 4.78 is 0. The van der Waals surface area contributed by atoms with Crippen molar-refractivity contribution in [3.63, 3.8) is 0 Å². The molecule has 1 saturated heterocycles. The third-order valence-electron chi connectivity index (χ3n) is 9.59. The lowest BCUT2D eigenvalue weighted by atomic mass is 9.58. The Morgan fingerprint density at radius 2 is 1.70 bits per heavy atom. The number of carbonyl (C=O) groups is 3. The quantitative estimate of drug-likeness (QED) is 0.323. The monoisotopic (exact) mass is 588 g/mol. The van der Waals surface area contributed by atoms with Gasteiger partial charge in [0.25, 0.3) is 5.91 Å². The third kappa shape index (κ3) is 4.41. The summed E-state index contributed by atoms with van der Waals surface area (Å²) in [5, 5.41) is 45.0. The molecule has 1 fully saturated rings. The molecule has 0 saturated carbocycles. The van der Waals surface area contributed by atoms with Gasteiger partial charge in [-0.2, -0.15) is 0 Å². The number of hydrogen-bond donors (Lipinski definition) is 5. The lowest BCUT2D eigenvalue weighted by Crippen LogP contribution is -2.63. The van der Waals surface area contributed by atoms with E-state index in [9.17, 15) is 34.8 Å². The molecule has 2 aromatic rings. The standard InChI is InChI=1S/C32H36N4O7/c1-34(2)26-21-15-18-14-20-17(16-35-10-12-36(13-11-35)19-6-4-3-5-7-19)8-9-22(37)24(20)27(38)23(18)29(40)32(21,43)30(41)25(28(26)39)31(33)42/h3-9,18,21,26,37,39-40,43H,10-16H2,1-2H3,(H2,33,42)/t18-,21-,26-,32-/m0/s1. The topological polar surface area (TPSA) is 168 Å². The lowest BCUT2D eigenvalue weighted by Gasteiger charge is -2.50. The van der Waals surface area contributed by atoms with Crippen molar-refractivity contribution >= 4 is 23.2 Å². The molecule has 4 atom stereocenters. The molecule has 0 unspecified atom stereocenters. The molecule has 3 aliphatic carbocycles. The number of amides is 1. The minimum absolute atomic E-state index is 0.0428. The number of para-hydroxylation sites is 1. The number of piperazine rings is 1. The average Bonchev–Trinajstić information content (AvgIpc) is 2.97. The van der Waals surface area contributed by atoms with Gasteiger partial charge in [0.05, 0.1) is 11.6 Å². The number of phenolic OH excluding ortho intramolecular Hbond substituents is 1. The highest BCUT2D eigenvalue weighted by molar-refractivity contribution is 6.24. The summed E-state index contributed by atoms with van der Waals surface area (Å²) in [6.07, 6.45) is 0.346. The number of allylic oxidation sites excluding steroid dienone is 1. The van der Waals surface area contributed by atoms with Gasteiger partial charge in [0, 0.05) is 49.9 Å². The number of phenols is 1. The van der Waals surface area contributed by atoms with Gasteiger partial charge in [0.2, 0.25) is 5.78 Å². The van der Waals surface area contributed by atoms with E-state index in [1.54, 1.807) is 19.0 Å². The molecule has 6 N–H and O–H groups in total. The molecular weight excluding hydrogens is 552 g/mol. The maximum Gasteiger partial charge on any atom is 0.255 e. The normalized spacial score (nSPS) is 27.7. The van der Waals surface area contributed by atoms with Crippen molar-refractivity contribution in [1.82, 2.24) is 9.80 Å². The largest absolute Gasteiger partial charge is 0.510 e. The van der Waals surface area contributed by atoms with Crippen LogP contribution in [-0.4, -0.2) is 99.6 Å². The van der Waals surface area contributed by atoms with Crippen molar-refractivity contribution in [3.05, 3.63) is 81.8 Å². The van der Waals surface area contributed by atoms with E-state index in [-0.39, 0.29) is 29.7 Å². The molecule has 6 rings (SSSR count). The number of rotatable bonds is 5. The van der Waals surface area contributed by atoms with Crippen LogP contribution in [0.25, 0.3) is 0 Å². The summed E-state index contributed by atoms with van der Waals surface area (Å²) in [6.45, 7) is 3.87. The molecule has 1 amide bonds. The Kier molecular flexibility index (Phi) is 7.07. The van der Waals surface area contributed by atoms with Gasteiger partial charge >= 0.3 is 0 Å². The van der Waals surface area contributed by atoms with Crippen LogP contribution in [-0.2, 0) is 22.6 Å². The first-order valence-corrected chi connectivity index (χ1v) is 14.5. The number of benzene rings is 2. The Morgan fingerprint density at radius 3 is 2.33 bits per heavy atom. The molecule has 1 aliphatic heterocycles. The molecule has 4 aliphatic rings. The number of nitrogens with zero attached hydrogens (tertiary/aromatic N) is 3. The van der Waals surface area contributed by atoms with Crippen LogP contribution >= 0.6 is 0 Å². The van der Waals surface area contributed by atoms with Crippen LogP contribution in [0.1, 0.15) is 27.9 Å². The van der Waals surface area contributed by atoms with E-state index in [1.807, 2.05) is 24.3 Å². The molecule has 226 valence electrons. The van der Waals surface area contributed by atoms with Crippen LogP contribution in [0.4, 0.5) is 5.69 Å². The Labute approximate surface area is 249 Å². The van der Waals surface area contributed by atoms with Gasteiger partial charge in [-0.05, 0) is 62.2 Å². The third-order valence-corrected chi connectivity index (χ3v) is 9.59. The van der Waals surface area contributed by atoms with Gasteiger partial charge in [-0.25, -0.2) is 0 Å². The average molecular weight is 589 g/mol. The number of ketones is 2. The van der Waals surface area contributed by atoms with Crippen LogP contribution in [0.15, 0.2) is 65.1 Å². The highest BCUT2D eigenvalue weighted by Gasteiger charge is 2.63. The Balaban J connectivity index is 1.34. The second-order valence-corrected chi connectivity index (χ2v) is 12.2. The van der Waals surface area contributed by atoms with Crippen molar-refractivity contribution in [3.8, 4) is 5.75 Å². The zero-order chi connectivity index (χ0) is 30.8. The Bertz CT molecular complexity index is 1580. The fourth-order valence-electron chi connectivity index (χ4n) is 7.51. The van der Waals surface area contributed by atoms with E-state index >= 15 is 0 Å². The van der Waals surface area contributed by atoms with E-state index < -0.39 is 58.0 Å². The SMILES string of the molecule is CN(C)[C@@H]1C(O)=C(C(N)=O)C(=O)[C@@]2(O)C(O)=C3C(=O)c4c(O)ccc(CN5CCN(c6ccccc6)CC5)c4C[C@H]3C[C@@H]12. The summed E-state index contributed by atoms with van der Waals surface area (Å²) >= 11 is 0. The van der Waals surface area contributed by atoms with Crippen molar-refractivity contribution in [2.75, 3.05) is 45.2 Å². The Hall–Kier alpha value is -4.19. The van der Waals surface area contributed by atoms with Crippen molar-refractivity contribution < 1.29 is 34.8 Å². The number of aliphatic hydroxyl groups excluding tert-OH is 2. The first-order chi connectivity index (χ1) is 20.4. The van der Waals surface area contributed by atoms with Gasteiger partial charge in [0.1, 0.15) is 22.8 Å². The molecular formula is C32H36N4O7. The molecule has 2 aromatic carbocycles. The first kappa shape index (κ1) is 28.9. The molecule has 0 spiro atoms. The molecule has 1 heterocycles. The fourth-order valence-corrected chi connectivity index (χ4v) is 7.51. The van der Waals surface area contributed by atoms with Crippen LogP contribution < -0.4 is 10.6 Å². The minimum atomic E-state index is -2.64. The molecule has 0 aromatic heterocycles. The maximum atomic E-state index is 14.0. The summed E-state index contributed by atoms with van der Waals surface area (Å²) in [4.78, 5) is 45.7. The maximum absolute atomic E-state index is 14.0. The number of nitrogens with two attached hydrogens (primary N) is 1. The predicted octanol–water partition coefficient (Wildman–Crippen LogP) is 1.44. The number of fused-ring (bicyclic) bond motifs is 3. The van der Waals surface area contributed by atoms with Gasteiger partial charge in [-0.3, -0.25) is 24.2 Å². The summed E-state index contributed by atoms with van der Waals surface area (Å²) in [5.41, 5.74) is 4.56. The van der Waals surface area contributed by atoms with E-state index in [0.717, 1.165) is 31.7 Å². The number of likely N-dealkylation sites (N-methyl/N-ethyl adjacent to an activating group) is 1. The van der Waals surface area contributed by atoms with Gasteiger partial charge in [-0.15, -0.1) is 0 Å². The second kappa shape index (κ2) is 10.5. The summed E-state index contributed by atoms with van der Waals surface area (Å²) in [5.74, 6) is -6.48. The van der Waals surface area contributed by atoms with E-state index in [2.05, 4.69) is 21.9 Å². The van der Waals surface area contributed by atoms with E-state index in [1.165, 1.54) is 11.8 Å². The lowest BCUT2D eigenvalue weighted by molar-refractivity contribution is -0.148. The van der Waals surface area contributed by atoms with Gasteiger partial charge in [0.15, 0.2) is 11.4 Å². The van der Waals surface area contributed by atoms with Crippen molar-refractivity contribution in [2.24, 2.45) is 17.6 Å². The van der Waals surface area contributed by atoms with Crippen LogP contribution in [0.5, 0.6) is 5.75 Å². The van der Waals surface area contributed by atoms with Crippen LogP contribution in [0.3, 0.4) is 0 Å². The number of aliphatic hydroxyl groups is 3. The highest BCUT2D eigenvalue weighted by Crippen LogP contribution is 2.52. The number of primary amides is 1. The molecule has 11 nitrogen and oxygen atoms in total. The number of hydrogen-bond acceptors (Lipinski definition) is 10. The van der Waals surface area contributed by atoms with E-state index in [4.69, 9.17) is 5.73 Å². The number of carbonyl (C=O) groups excluding carboxylic acids is 3. The second-order valence-electron chi connectivity index (χ2n) is 12.2. The first-order valence-electron chi connectivity index (χ1n) is 14.5. The molecule has 0 radical (unpaired) electrons.